The third-order valence-electron chi connectivity index (χ3n) is 3.41. The molecule has 2 rings (SSSR count). The summed E-state index contributed by atoms with van der Waals surface area (Å²) in [4.78, 5) is 54.0. The van der Waals surface area contributed by atoms with Gasteiger partial charge in [-0.15, -0.1) is 0 Å². The Morgan fingerprint density at radius 2 is 1.75 bits per heavy atom. The van der Waals surface area contributed by atoms with Crippen LogP contribution in [0.1, 0.15) is 18.2 Å². The molecule has 1 aromatic rings. The molecule has 1 saturated heterocycles. The Kier molecular flexibility index (Phi) is 15.9. The number of rotatable bonds is 8. The monoisotopic (exact) mass is 548 g/mol. The predicted octanol–water partition coefficient (Wildman–Crippen LogP) is -11.6. The van der Waals surface area contributed by atoms with Crippen molar-refractivity contribution in [2.45, 2.75) is 31.8 Å². The van der Waals surface area contributed by atoms with E-state index in [1.807, 2.05) is 0 Å². The number of phosphoric ester groups is 1. The van der Waals surface area contributed by atoms with Crippen molar-refractivity contribution in [1.82, 2.24) is 9.55 Å². The van der Waals surface area contributed by atoms with Crippen molar-refractivity contribution in [2.75, 3.05) is 6.61 Å². The fraction of sp³-hybridized carbons (Fsp3) is 0.600. The number of aliphatic hydroxyl groups excluding tert-OH is 1. The minimum Gasteiger partial charge on any atom is -0.858 e. The number of phosphoric acid groups is 3. The van der Waals surface area contributed by atoms with E-state index in [-0.39, 0.29) is 101 Å². The third kappa shape index (κ3) is 11.4. The summed E-state index contributed by atoms with van der Waals surface area (Å²) < 4.78 is 50.4. The molecule has 1 aliphatic rings. The number of nitrogens with zero attached hydrogens (tertiary/aromatic N) is 2. The number of aromatic nitrogens is 2. The Balaban J connectivity index is 0. The normalized spacial score (nSPS) is 24.2. The van der Waals surface area contributed by atoms with E-state index in [0.29, 0.717) is 0 Å². The van der Waals surface area contributed by atoms with Crippen molar-refractivity contribution >= 4 is 23.5 Å². The maximum atomic E-state index is 11.8. The minimum atomic E-state index is -6.03. The molecule has 0 amide bonds. The van der Waals surface area contributed by atoms with Crippen LogP contribution in [0.3, 0.4) is 0 Å². The van der Waals surface area contributed by atoms with Crippen molar-refractivity contribution in [3.05, 3.63) is 22.2 Å². The second-order valence-electron chi connectivity index (χ2n) is 5.69. The molecule has 2 heterocycles. The van der Waals surface area contributed by atoms with Crippen LogP contribution in [0.4, 0.5) is 0 Å². The molecule has 0 saturated carbocycles. The quantitative estimate of drug-likeness (QED) is 0.201. The molecule has 0 aromatic carbocycles. The average molecular weight is 548 g/mol. The van der Waals surface area contributed by atoms with Gasteiger partial charge in [0, 0.05) is 12.6 Å². The van der Waals surface area contributed by atoms with Crippen molar-refractivity contribution in [1.29, 1.82) is 0 Å². The Morgan fingerprint density at radius 1 is 1.19 bits per heavy atom. The van der Waals surface area contributed by atoms with Crippen molar-refractivity contribution < 1.29 is 150 Å². The average Bonchev–Trinajstić information content (AvgIpc) is 2.86. The van der Waals surface area contributed by atoms with Crippen LogP contribution in [-0.2, 0) is 31.6 Å². The van der Waals surface area contributed by atoms with Gasteiger partial charge < -0.3 is 39.1 Å². The topological polar surface area (TPSA) is 253 Å². The van der Waals surface area contributed by atoms with Crippen LogP contribution in [0.25, 0.3) is 0 Å². The van der Waals surface area contributed by atoms with E-state index in [2.05, 4.69) is 18.1 Å². The number of aliphatic hydroxyl groups is 1. The van der Waals surface area contributed by atoms with Gasteiger partial charge >= 0.3 is 110 Å². The van der Waals surface area contributed by atoms with Crippen LogP contribution in [0.2, 0.25) is 0 Å². The molecule has 16 nitrogen and oxygen atoms in total. The van der Waals surface area contributed by atoms with Gasteiger partial charge in [0.25, 0.3) is 0 Å². The Bertz CT molecular complexity index is 972. The maximum Gasteiger partial charge on any atom is 1.00 e. The van der Waals surface area contributed by atoms with E-state index in [1.165, 1.54) is 6.92 Å². The second kappa shape index (κ2) is 14.1. The van der Waals surface area contributed by atoms with E-state index >= 15 is 0 Å². The molecule has 1 fully saturated rings. The number of aryl methyl sites for hydroxylation is 1. The number of hydrogen-bond donors (Lipinski definition) is 3. The van der Waals surface area contributed by atoms with Gasteiger partial charge in [-0.25, -0.2) is 18.9 Å². The molecule has 0 spiro atoms. The first-order valence-corrected chi connectivity index (χ1v) is 11.9. The van der Waals surface area contributed by atoms with Gasteiger partial charge in [0.1, 0.15) is 12.3 Å². The van der Waals surface area contributed by atoms with Crippen molar-refractivity contribution in [2.24, 2.45) is 0 Å². The Hall–Kier alpha value is 2.01. The number of hydrogen-bond acceptors (Lipinski definition) is 13. The smallest absolute Gasteiger partial charge is 0.858 e. The molecule has 0 aliphatic carbocycles. The van der Waals surface area contributed by atoms with E-state index in [4.69, 9.17) is 9.63 Å². The van der Waals surface area contributed by atoms with Gasteiger partial charge in [-0.3, -0.25) is 13.4 Å². The van der Waals surface area contributed by atoms with E-state index in [0.717, 1.165) is 10.8 Å². The first kappa shape index (κ1) is 36.2. The second-order valence-corrected chi connectivity index (χ2v) is 10.0. The van der Waals surface area contributed by atoms with Crippen molar-refractivity contribution in [3.8, 4) is 5.88 Å². The SMILES string of the molecule is Cc1cn([C@H]2C[C@H](O)[C@@H](COP(=O)(O)OP(=O)(O)OP(=O)([O-])[O-])O2)c(=O)nc1[O-].[Na+].[Na+].[Na+]. The molecule has 166 valence electrons. The fourth-order valence-corrected chi connectivity index (χ4v) is 5.22. The third-order valence-corrected chi connectivity index (χ3v) is 7.17. The van der Waals surface area contributed by atoms with Gasteiger partial charge in [-0.2, -0.15) is 4.31 Å². The van der Waals surface area contributed by atoms with Crippen LogP contribution in [0, 0.1) is 6.92 Å². The molecule has 2 unspecified atom stereocenters. The summed E-state index contributed by atoms with van der Waals surface area (Å²) in [5.74, 6) is -0.751. The summed E-state index contributed by atoms with van der Waals surface area (Å²) in [5.41, 5.74) is -0.850. The molecular formula is C10H14N2Na3O14P3. The van der Waals surface area contributed by atoms with Crippen LogP contribution >= 0.6 is 23.5 Å². The molecule has 32 heavy (non-hydrogen) atoms. The van der Waals surface area contributed by atoms with Crippen LogP contribution in [0.5, 0.6) is 5.88 Å². The fourth-order valence-electron chi connectivity index (χ4n) is 2.26. The van der Waals surface area contributed by atoms with Crippen LogP contribution < -0.4 is 109 Å². The van der Waals surface area contributed by atoms with E-state index in [9.17, 15) is 43.4 Å². The molecule has 0 radical (unpaired) electrons. The summed E-state index contributed by atoms with van der Waals surface area (Å²) in [6.07, 6.45) is -2.87. The van der Waals surface area contributed by atoms with E-state index < -0.39 is 60.1 Å². The minimum absolute atomic E-state index is 0. The summed E-state index contributed by atoms with van der Waals surface area (Å²) in [6, 6.07) is 0. The molecule has 1 aromatic heterocycles. The first-order chi connectivity index (χ1) is 13.1. The Morgan fingerprint density at radius 3 is 2.28 bits per heavy atom. The zero-order valence-electron chi connectivity index (χ0n) is 17.3. The molecule has 3 N–H and O–H groups in total. The Labute approximate surface area is 247 Å². The summed E-state index contributed by atoms with van der Waals surface area (Å²) in [7, 11) is -17.3. The maximum absolute atomic E-state index is 11.8. The zero-order valence-corrected chi connectivity index (χ0v) is 26.0. The molecule has 5 atom stereocenters. The van der Waals surface area contributed by atoms with Gasteiger partial charge in [0.2, 0.25) is 0 Å². The van der Waals surface area contributed by atoms with E-state index in [1.54, 1.807) is 0 Å². The summed E-state index contributed by atoms with van der Waals surface area (Å²) in [5, 5.41) is 21.3. The van der Waals surface area contributed by atoms with Crippen LogP contribution in [-0.4, -0.2) is 43.3 Å². The molecule has 0 bridgehead atoms. The van der Waals surface area contributed by atoms with Crippen molar-refractivity contribution in [3.63, 3.8) is 0 Å². The molecule has 22 heteroatoms. The first-order valence-electron chi connectivity index (χ1n) is 7.44. The van der Waals surface area contributed by atoms with Gasteiger partial charge in [-0.1, -0.05) is 0 Å². The molecule has 1 aliphatic heterocycles. The van der Waals surface area contributed by atoms with Gasteiger partial charge in [-0.05, 0) is 18.4 Å². The van der Waals surface area contributed by atoms with Gasteiger partial charge in [0.15, 0.2) is 0 Å². The van der Waals surface area contributed by atoms with Crippen LogP contribution in [0.15, 0.2) is 11.0 Å². The predicted molar refractivity (Wildman–Crippen MR) is 82.6 cm³/mol. The van der Waals surface area contributed by atoms with Gasteiger partial charge in [0.05, 0.1) is 20.5 Å². The summed E-state index contributed by atoms with van der Waals surface area (Å²) >= 11 is 0. The number of ether oxygens (including phenoxy) is 1. The summed E-state index contributed by atoms with van der Waals surface area (Å²) in [6.45, 7) is 0.465. The molecular weight excluding hydrogens is 534 g/mol. The zero-order chi connectivity index (χ0) is 22.2. The largest absolute Gasteiger partial charge is 1.00 e. The standard InChI is InChI=1S/C10H17N2O14P3.3Na/c1-5-3-12(10(15)11-9(5)14)8-2-6(13)7(24-8)4-23-28(19,20)26-29(21,22)25-27(16,17)18;;;/h3,6-8,13H,2,4H2,1H3,(H,19,20)(H,21,22)(H,11,14,15)(H2,16,17,18);;;/q;3*+1/p-3/t6-,7+,8+;;;/m0.../s1.